The lowest BCUT2D eigenvalue weighted by Gasteiger charge is -2.34. The molecule has 4 heteroatoms. The van der Waals surface area contributed by atoms with E-state index in [0.717, 1.165) is 17.7 Å². The van der Waals surface area contributed by atoms with Gasteiger partial charge in [-0.2, -0.15) is 0 Å². The first kappa shape index (κ1) is 15.4. The molecular weight excluding hydrogens is 288 g/mol. The van der Waals surface area contributed by atoms with Gasteiger partial charge >= 0.3 is 0 Å². The SMILES string of the molecule is CCCN1C(=O)C(Cc2cccc(C)c2)Oc2cc(N)ccc21. The van der Waals surface area contributed by atoms with Crippen molar-refractivity contribution in [3.63, 3.8) is 0 Å². The number of anilines is 2. The van der Waals surface area contributed by atoms with E-state index in [2.05, 4.69) is 13.0 Å². The van der Waals surface area contributed by atoms with E-state index < -0.39 is 6.10 Å². The Balaban J connectivity index is 1.91. The molecule has 1 unspecified atom stereocenters. The van der Waals surface area contributed by atoms with Gasteiger partial charge in [0.05, 0.1) is 5.69 Å². The van der Waals surface area contributed by atoms with Crippen molar-refractivity contribution in [3.05, 3.63) is 53.6 Å². The van der Waals surface area contributed by atoms with Crippen molar-refractivity contribution in [2.75, 3.05) is 17.2 Å². The number of amides is 1. The van der Waals surface area contributed by atoms with Crippen LogP contribution in [0.25, 0.3) is 0 Å². The molecule has 0 aromatic heterocycles. The number of nitrogens with zero attached hydrogens (tertiary/aromatic N) is 1. The highest BCUT2D eigenvalue weighted by Crippen LogP contribution is 2.36. The summed E-state index contributed by atoms with van der Waals surface area (Å²) in [5, 5.41) is 0. The molecule has 0 saturated carbocycles. The molecule has 1 atom stereocenters. The average Bonchev–Trinajstić information content (AvgIpc) is 2.51. The Morgan fingerprint density at radius 2 is 2.04 bits per heavy atom. The lowest BCUT2D eigenvalue weighted by molar-refractivity contribution is -0.126. The molecule has 0 radical (unpaired) electrons. The molecule has 0 aliphatic carbocycles. The van der Waals surface area contributed by atoms with Crippen LogP contribution in [0.15, 0.2) is 42.5 Å². The van der Waals surface area contributed by atoms with Crippen LogP contribution in [0.1, 0.15) is 24.5 Å². The average molecular weight is 310 g/mol. The third-order valence-electron chi connectivity index (χ3n) is 4.04. The number of carbonyl (C=O) groups is 1. The molecule has 0 fully saturated rings. The van der Waals surface area contributed by atoms with Gasteiger partial charge in [-0.25, -0.2) is 0 Å². The smallest absolute Gasteiger partial charge is 0.268 e. The van der Waals surface area contributed by atoms with E-state index in [9.17, 15) is 4.79 Å². The van der Waals surface area contributed by atoms with E-state index in [4.69, 9.17) is 10.5 Å². The van der Waals surface area contributed by atoms with Crippen LogP contribution in [0.2, 0.25) is 0 Å². The molecule has 0 bridgehead atoms. The highest BCUT2D eigenvalue weighted by atomic mass is 16.5. The Labute approximate surface area is 136 Å². The maximum absolute atomic E-state index is 12.8. The monoisotopic (exact) mass is 310 g/mol. The Bertz CT molecular complexity index is 727. The third kappa shape index (κ3) is 3.16. The predicted molar refractivity (Wildman–Crippen MR) is 92.8 cm³/mol. The van der Waals surface area contributed by atoms with Gasteiger partial charge < -0.3 is 15.4 Å². The summed E-state index contributed by atoms with van der Waals surface area (Å²) in [6.45, 7) is 4.80. The Kier molecular flexibility index (Phi) is 4.24. The fourth-order valence-corrected chi connectivity index (χ4v) is 2.98. The van der Waals surface area contributed by atoms with Crippen molar-refractivity contribution < 1.29 is 9.53 Å². The van der Waals surface area contributed by atoms with E-state index in [-0.39, 0.29) is 5.91 Å². The summed E-state index contributed by atoms with van der Waals surface area (Å²) in [6, 6.07) is 13.6. The molecule has 3 rings (SSSR count). The Morgan fingerprint density at radius 3 is 2.78 bits per heavy atom. The summed E-state index contributed by atoms with van der Waals surface area (Å²) in [6.07, 6.45) is 0.958. The number of aryl methyl sites for hydroxylation is 1. The quantitative estimate of drug-likeness (QED) is 0.881. The summed E-state index contributed by atoms with van der Waals surface area (Å²) in [5.74, 6) is 0.710. The lowest BCUT2D eigenvalue weighted by atomic mass is 10.0. The zero-order chi connectivity index (χ0) is 16.4. The molecule has 1 amide bonds. The van der Waals surface area contributed by atoms with Gasteiger partial charge in [0.25, 0.3) is 5.91 Å². The van der Waals surface area contributed by atoms with Gasteiger partial charge in [0.15, 0.2) is 6.10 Å². The number of nitrogen functional groups attached to an aromatic ring is 1. The van der Waals surface area contributed by atoms with Crippen molar-refractivity contribution in [1.82, 2.24) is 0 Å². The van der Waals surface area contributed by atoms with Gasteiger partial charge in [0.1, 0.15) is 5.75 Å². The number of nitrogens with two attached hydrogens (primary N) is 1. The molecule has 0 saturated heterocycles. The fraction of sp³-hybridized carbons (Fsp3) is 0.316. The minimum atomic E-state index is -0.502. The molecule has 1 aliphatic heterocycles. The number of fused-ring (bicyclic) bond motifs is 1. The lowest BCUT2D eigenvalue weighted by Crippen LogP contribution is -2.47. The number of hydrogen-bond acceptors (Lipinski definition) is 3. The Morgan fingerprint density at radius 1 is 1.22 bits per heavy atom. The van der Waals surface area contributed by atoms with Crippen molar-refractivity contribution in [2.45, 2.75) is 32.8 Å². The second kappa shape index (κ2) is 6.32. The van der Waals surface area contributed by atoms with Crippen molar-refractivity contribution in [1.29, 1.82) is 0 Å². The number of ether oxygens (including phenoxy) is 1. The maximum Gasteiger partial charge on any atom is 0.268 e. The van der Waals surface area contributed by atoms with E-state index >= 15 is 0 Å². The second-order valence-electron chi connectivity index (χ2n) is 6.02. The van der Waals surface area contributed by atoms with Crippen LogP contribution in [-0.2, 0) is 11.2 Å². The van der Waals surface area contributed by atoms with Gasteiger partial charge in [0.2, 0.25) is 0 Å². The molecule has 120 valence electrons. The minimum Gasteiger partial charge on any atom is -0.478 e. The number of rotatable bonds is 4. The summed E-state index contributed by atoms with van der Waals surface area (Å²) < 4.78 is 5.97. The summed E-state index contributed by atoms with van der Waals surface area (Å²) in [4.78, 5) is 14.6. The van der Waals surface area contributed by atoms with E-state index in [0.29, 0.717) is 24.4 Å². The molecule has 23 heavy (non-hydrogen) atoms. The van der Waals surface area contributed by atoms with Crippen molar-refractivity contribution in [3.8, 4) is 5.75 Å². The summed E-state index contributed by atoms with van der Waals surface area (Å²) in [7, 11) is 0. The minimum absolute atomic E-state index is 0.0191. The topological polar surface area (TPSA) is 55.6 Å². The molecule has 1 aliphatic rings. The van der Waals surface area contributed by atoms with Gasteiger partial charge in [0, 0.05) is 24.7 Å². The largest absolute Gasteiger partial charge is 0.478 e. The molecule has 0 spiro atoms. The van der Waals surface area contributed by atoms with Crippen LogP contribution in [0.5, 0.6) is 5.75 Å². The van der Waals surface area contributed by atoms with Crippen LogP contribution < -0.4 is 15.4 Å². The summed E-state index contributed by atoms with van der Waals surface area (Å²) in [5.41, 5.74) is 9.61. The highest BCUT2D eigenvalue weighted by Gasteiger charge is 2.34. The predicted octanol–water partition coefficient (Wildman–Crippen LogP) is 3.32. The highest BCUT2D eigenvalue weighted by molar-refractivity contribution is 6.00. The van der Waals surface area contributed by atoms with Crippen LogP contribution in [0, 0.1) is 6.92 Å². The third-order valence-corrected chi connectivity index (χ3v) is 4.04. The normalized spacial score (nSPS) is 16.9. The second-order valence-corrected chi connectivity index (χ2v) is 6.02. The molecular formula is C19H22N2O2. The van der Waals surface area contributed by atoms with Crippen molar-refractivity contribution in [2.24, 2.45) is 0 Å². The van der Waals surface area contributed by atoms with Crippen LogP contribution >= 0.6 is 0 Å². The van der Waals surface area contributed by atoms with E-state index in [1.165, 1.54) is 5.56 Å². The molecule has 1 heterocycles. The zero-order valence-corrected chi connectivity index (χ0v) is 13.6. The van der Waals surface area contributed by atoms with Crippen LogP contribution in [0.4, 0.5) is 11.4 Å². The molecule has 4 nitrogen and oxygen atoms in total. The fourth-order valence-electron chi connectivity index (χ4n) is 2.98. The number of carbonyl (C=O) groups excluding carboxylic acids is 1. The first-order valence-electron chi connectivity index (χ1n) is 8.01. The van der Waals surface area contributed by atoms with Gasteiger partial charge in [-0.15, -0.1) is 0 Å². The Hall–Kier alpha value is -2.49. The van der Waals surface area contributed by atoms with Gasteiger partial charge in [-0.1, -0.05) is 36.8 Å². The molecule has 2 aromatic carbocycles. The van der Waals surface area contributed by atoms with E-state index in [1.807, 2.05) is 36.1 Å². The first-order chi connectivity index (χ1) is 11.1. The van der Waals surface area contributed by atoms with Crippen LogP contribution in [0.3, 0.4) is 0 Å². The van der Waals surface area contributed by atoms with E-state index in [1.54, 1.807) is 12.1 Å². The number of hydrogen-bond donors (Lipinski definition) is 1. The maximum atomic E-state index is 12.8. The van der Waals surface area contributed by atoms with Crippen molar-refractivity contribution >= 4 is 17.3 Å². The van der Waals surface area contributed by atoms with Gasteiger partial charge in [-0.3, -0.25) is 4.79 Å². The standard InChI is InChI=1S/C19H22N2O2/c1-3-9-21-16-8-7-15(20)12-17(16)23-18(19(21)22)11-14-6-4-5-13(2)10-14/h4-8,10,12,18H,3,9,11,20H2,1-2H3. The number of benzene rings is 2. The first-order valence-corrected chi connectivity index (χ1v) is 8.01. The summed E-state index contributed by atoms with van der Waals surface area (Å²) >= 11 is 0. The molecule has 2 N–H and O–H groups in total. The van der Waals surface area contributed by atoms with Gasteiger partial charge in [-0.05, 0) is 31.0 Å². The van der Waals surface area contributed by atoms with Crippen LogP contribution in [-0.4, -0.2) is 18.6 Å². The zero-order valence-electron chi connectivity index (χ0n) is 13.6. The molecule has 2 aromatic rings.